The van der Waals surface area contributed by atoms with Crippen LogP contribution in [-0.4, -0.2) is 33.0 Å². The minimum atomic E-state index is -0.358. The third-order valence-corrected chi connectivity index (χ3v) is 5.56. The molecular formula is C23H19FN6. The van der Waals surface area contributed by atoms with Crippen molar-refractivity contribution in [2.75, 3.05) is 18.0 Å². The van der Waals surface area contributed by atoms with Gasteiger partial charge in [-0.05, 0) is 42.2 Å². The molecule has 1 aliphatic heterocycles. The van der Waals surface area contributed by atoms with Crippen molar-refractivity contribution in [1.82, 2.24) is 19.9 Å². The van der Waals surface area contributed by atoms with Crippen LogP contribution in [0, 0.1) is 23.1 Å². The maximum Gasteiger partial charge on any atom is 0.151 e. The quantitative estimate of drug-likeness (QED) is 0.548. The zero-order chi connectivity index (χ0) is 20.7. The number of fused-ring (bicyclic) bond motifs is 1. The Bertz CT molecular complexity index is 1290. The van der Waals surface area contributed by atoms with Gasteiger partial charge >= 0.3 is 0 Å². The number of nitrogens with zero attached hydrogens (tertiary/aromatic N) is 5. The number of nitrogens with one attached hydrogen (secondary N) is 1. The Morgan fingerprint density at radius 3 is 2.87 bits per heavy atom. The highest BCUT2D eigenvalue weighted by atomic mass is 19.1. The topological polar surface area (TPSA) is 81.5 Å². The normalized spacial score (nSPS) is 16.2. The number of pyridine rings is 2. The number of halogens is 1. The van der Waals surface area contributed by atoms with Crippen LogP contribution in [0.4, 0.5) is 10.1 Å². The molecule has 4 aromatic rings. The molecule has 148 valence electrons. The summed E-state index contributed by atoms with van der Waals surface area (Å²) in [5.74, 6) is 0.788. The van der Waals surface area contributed by atoms with E-state index in [0.717, 1.165) is 41.9 Å². The summed E-state index contributed by atoms with van der Waals surface area (Å²) in [5.41, 5.74) is 4.89. The maximum atomic E-state index is 14.2. The fourth-order valence-corrected chi connectivity index (χ4v) is 4.10. The Hall–Kier alpha value is -3.79. The monoisotopic (exact) mass is 398 g/mol. The van der Waals surface area contributed by atoms with Gasteiger partial charge in [0.15, 0.2) is 5.82 Å². The zero-order valence-electron chi connectivity index (χ0n) is 16.4. The molecule has 30 heavy (non-hydrogen) atoms. The summed E-state index contributed by atoms with van der Waals surface area (Å²) in [6.45, 7) is 4.06. The number of hydrogen-bond donors (Lipinski definition) is 1. The summed E-state index contributed by atoms with van der Waals surface area (Å²) in [7, 11) is 0. The van der Waals surface area contributed by atoms with Crippen LogP contribution >= 0.6 is 0 Å². The molecule has 1 N–H and O–H groups in total. The first-order chi connectivity index (χ1) is 14.6. The Balaban J connectivity index is 1.74. The molecule has 7 heteroatoms. The fraction of sp³-hybridized carbons (Fsp3) is 0.217. The van der Waals surface area contributed by atoms with E-state index < -0.39 is 0 Å². The molecule has 1 saturated heterocycles. The Kier molecular flexibility index (Phi) is 4.40. The number of imidazole rings is 1. The number of aromatic nitrogens is 4. The van der Waals surface area contributed by atoms with Gasteiger partial charge in [-0.25, -0.2) is 14.4 Å². The van der Waals surface area contributed by atoms with Crippen molar-refractivity contribution in [3.8, 4) is 28.6 Å². The average Bonchev–Trinajstić information content (AvgIpc) is 3.40. The van der Waals surface area contributed by atoms with Crippen molar-refractivity contribution in [3.05, 3.63) is 60.4 Å². The van der Waals surface area contributed by atoms with Gasteiger partial charge < -0.3 is 9.88 Å². The predicted octanol–water partition coefficient (Wildman–Crippen LogP) is 4.54. The van der Waals surface area contributed by atoms with Crippen molar-refractivity contribution in [2.45, 2.75) is 13.3 Å². The predicted molar refractivity (Wildman–Crippen MR) is 113 cm³/mol. The first-order valence-corrected chi connectivity index (χ1v) is 9.88. The Labute approximate surface area is 173 Å². The largest absolute Gasteiger partial charge is 0.370 e. The van der Waals surface area contributed by atoms with E-state index in [1.807, 2.05) is 18.3 Å². The molecule has 1 fully saturated rings. The van der Waals surface area contributed by atoms with E-state index in [0.29, 0.717) is 28.5 Å². The second-order valence-electron chi connectivity index (χ2n) is 7.69. The van der Waals surface area contributed by atoms with Gasteiger partial charge in [-0.1, -0.05) is 13.0 Å². The second-order valence-corrected chi connectivity index (χ2v) is 7.69. The number of anilines is 1. The van der Waals surface area contributed by atoms with Gasteiger partial charge in [-0.3, -0.25) is 4.98 Å². The minimum Gasteiger partial charge on any atom is -0.370 e. The average molecular weight is 398 g/mol. The van der Waals surface area contributed by atoms with Crippen LogP contribution in [0.25, 0.3) is 33.5 Å². The summed E-state index contributed by atoms with van der Waals surface area (Å²) >= 11 is 0. The van der Waals surface area contributed by atoms with Crippen LogP contribution in [0.3, 0.4) is 0 Å². The number of H-pyrrole nitrogens is 1. The van der Waals surface area contributed by atoms with Gasteiger partial charge in [0.2, 0.25) is 0 Å². The van der Waals surface area contributed by atoms with E-state index in [9.17, 15) is 9.65 Å². The lowest BCUT2D eigenvalue weighted by Gasteiger charge is -2.24. The second kappa shape index (κ2) is 7.23. The molecule has 1 aromatic carbocycles. The van der Waals surface area contributed by atoms with Crippen LogP contribution < -0.4 is 4.90 Å². The van der Waals surface area contributed by atoms with Gasteiger partial charge in [0.05, 0.1) is 16.8 Å². The van der Waals surface area contributed by atoms with Gasteiger partial charge in [0, 0.05) is 37.2 Å². The van der Waals surface area contributed by atoms with E-state index in [4.69, 9.17) is 0 Å². The van der Waals surface area contributed by atoms with Crippen LogP contribution in [0.2, 0.25) is 0 Å². The number of aromatic amines is 1. The number of para-hydroxylation sites is 1. The van der Waals surface area contributed by atoms with Crippen LogP contribution in [0.1, 0.15) is 19.0 Å². The van der Waals surface area contributed by atoms with E-state index in [1.54, 1.807) is 24.5 Å². The van der Waals surface area contributed by atoms with Crippen molar-refractivity contribution >= 4 is 16.7 Å². The number of nitriles is 1. The molecule has 0 saturated carbocycles. The summed E-state index contributed by atoms with van der Waals surface area (Å²) in [6.07, 6.45) is 6.30. The van der Waals surface area contributed by atoms with Crippen LogP contribution in [0.5, 0.6) is 0 Å². The van der Waals surface area contributed by atoms with Crippen molar-refractivity contribution in [3.63, 3.8) is 0 Å². The fourth-order valence-electron chi connectivity index (χ4n) is 4.10. The number of hydrogen-bond acceptors (Lipinski definition) is 5. The highest BCUT2D eigenvalue weighted by Gasteiger charge is 2.26. The standard InChI is InChI=1S/C23H19FN6/c1-14-6-8-30(13-14)22-17(15-5-7-27-16(9-15)10-25)11-26-12-18(22)23-28-20-4-2-3-19(24)21(20)29-23/h2-5,7,9,11-12,14H,6,8,13H2,1H3,(H,28,29). The lowest BCUT2D eigenvalue weighted by Crippen LogP contribution is -2.21. The van der Waals surface area contributed by atoms with Crippen LogP contribution in [-0.2, 0) is 0 Å². The summed E-state index contributed by atoms with van der Waals surface area (Å²) in [4.78, 5) is 18.7. The molecule has 1 aliphatic rings. The van der Waals surface area contributed by atoms with Crippen molar-refractivity contribution < 1.29 is 4.39 Å². The molecule has 0 amide bonds. The molecule has 0 bridgehead atoms. The molecule has 0 aliphatic carbocycles. The molecule has 1 atom stereocenters. The van der Waals surface area contributed by atoms with E-state index in [2.05, 4.69) is 37.8 Å². The molecule has 5 rings (SSSR count). The van der Waals surface area contributed by atoms with Crippen molar-refractivity contribution in [2.24, 2.45) is 5.92 Å². The lowest BCUT2D eigenvalue weighted by atomic mass is 10.0. The van der Waals surface area contributed by atoms with E-state index >= 15 is 0 Å². The lowest BCUT2D eigenvalue weighted by molar-refractivity contribution is 0.637. The number of benzene rings is 1. The van der Waals surface area contributed by atoms with E-state index in [-0.39, 0.29) is 5.82 Å². The molecular weight excluding hydrogens is 379 g/mol. The maximum absolute atomic E-state index is 14.2. The third-order valence-electron chi connectivity index (χ3n) is 5.56. The Morgan fingerprint density at radius 2 is 2.10 bits per heavy atom. The Morgan fingerprint density at radius 1 is 1.23 bits per heavy atom. The third kappa shape index (κ3) is 3.07. The molecule has 1 unspecified atom stereocenters. The summed E-state index contributed by atoms with van der Waals surface area (Å²) in [6, 6.07) is 10.6. The van der Waals surface area contributed by atoms with Gasteiger partial charge in [-0.2, -0.15) is 5.26 Å². The summed E-state index contributed by atoms with van der Waals surface area (Å²) < 4.78 is 14.2. The van der Waals surface area contributed by atoms with Crippen molar-refractivity contribution in [1.29, 1.82) is 5.26 Å². The van der Waals surface area contributed by atoms with Crippen LogP contribution in [0.15, 0.2) is 48.9 Å². The first-order valence-electron chi connectivity index (χ1n) is 9.88. The minimum absolute atomic E-state index is 0.314. The molecule has 4 heterocycles. The zero-order valence-corrected chi connectivity index (χ0v) is 16.4. The van der Waals surface area contributed by atoms with Gasteiger partial charge in [-0.15, -0.1) is 0 Å². The SMILES string of the molecule is CC1CCN(c2c(-c3ccnc(C#N)c3)cncc2-c2nc3c(F)cccc3[nH]2)C1. The van der Waals surface area contributed by atoms with Gasteiger partial charge in [0.1, 0.15) is 23.1 Å². The molecule has 0 radical (unpaired) electrons. The first kappa shape index (κ1) is 18.3. The molecule has 6 nitrogen and oxygen atoms in total. The molecule has 3 aromatic heterocycles. The highest BCUT2D eigenvalue weighted by Crippen LogP contribution is 2.40. The highest BCUT2D eigenvalue weighted by molar-refractivity contribution is 5.91. The number of rotatable bonds is 3. The summed E-state index contributed by atoms with van der Waals surface area (Å²) in [5, 5.41) is 9.27. The smallest absolute Gasteiger partial charge is 0.151 e. The van der Waals surface area contributed by atoms with Gasteiger partial charge in [0.25, 0.3) is 0 Å². The van der Waals surface area contributed by atoms with E-state index in [1.165, 1.54) is 6.07 Å². The molecule has 0 spiro atoms.